The number of rotatable bonds is 3. The lowest BCUT2D eigenvalue weighted by atomic mass is 9.96. The zero-order valence-electron chi connectivity index (χ0n) is 12.8. The van der Waals surface area contributed by atoms with Crippen LogP contribution in [-0.2, 0) is 0 Å². The van der Waals surface area contributed by atoms with E-state index in [0.29, 0.717) is 11.1 Å². The standard InChI is InChI=1S/C17H12N6O/c1-24-17-14(9-19)15(13(8-18)16(20)22-17)11-3-2-4-12(7-11)23-6-5-21-10-23/h2-7,10H,1H3,(H2,20,22). The summed E-state index contributed by atoms with van der Waals surface area (Å²) >= 11 is 0. The number of hydrogen-bond donors (Lipinski definition) is 1. The van der Waals surface area contributed by atoms with Gasteiger partial charge in [0.05, 0.1) is 13.4 Å². The van der Waals surface area contributed by atoms with E-state index in [1.807, 2.05) is 28.8 Å². The summed E-state index contributed by atoms with van der Waals surface area (Å²) in [6.07, 6.45) is 5.13. The number of nitrogens with zero attached hydrogens (tertiary/aromatic N) is 5. The summed E-state index contributed by atoms with van der Waals surface area (Å²) in [6.45, 7) is 0. The summed E-state index contributed by atoms with van der Waals surface area (Å²) in [6, 6.07) is 11.5. The highest BCUT2D eigenvalue weighted by Crippen LogP contribution is 2.35. The highest BCUT2D eigenvalue weighted by atomic mass is 16.5. The molecule has 3 rings (SSSR count). The van der Waals surface area contributed by atoms with Crippen LogP contribution in [0, 0.1) is 22.7 Å². The van der Waals surface area contributed by atoms with Crippen molar-refractivity contribution in [3.63, 3.8) is 0 Å². The Kier molecular flexibility index (Phi) is 3.84. The Morgan fingerprint density at radius 1 is 1.21 bits per heavy atom. The van der Waals surface area contributed by atoms with Gasteiger partial charge in [-0.1, -0.05) is 12.1 Å². The molecule has 0 aliphatic heterocycles. The van der Waals surface area contributed by atoms with Crippen LogP contribution in [0.3, 0.4) is 0 Å². The number of imidazole rings is 1. The first-order chi connectivity index (χ1) is 11.7. The third kappa shape index (κ3) is 2.40. The maximum Gasteiger partial charge on any atom is 0.234 e. The number of anilines is 1. The molecule has 7 heteroatoms. The number of nitrogen functional groups attached to an aromatic ring is 1. The second kappa shape index (κ2) is 6.11. The highest BCUT2D eigenvalue weighted by Gasteiger charge is 2.21. The normalized spacial score (nSPS) is 9.96. The van der Waals surface area contributed by atoms with Crippen LogP contribution in [0.4, 0.5) is 5.82 Å². The number of ether oxygens (including phenoxy) is 1. The fraction of sp³-hybridized carbons (Fsp3) is 0.0588. The van der Waals surface area contributed by atoms with Crippen molar-refractivity contribution in [1.29, 1.82) is 10.5 Å². The Hall–Kier alpha value is -3.84. The summed E-state index contributed by atoms with van der Waals surface area (Å²) in [5.74, 6) is 0.119. The van der Waals surface area contributed by atoms with Gasteiger partial charge in [0.25, 0.3) is 0 Å². The van der Waals surface area contributed by atoms with Gasteiger partial charge in [-0.25, -0.2) is 4.98 Å². The highest BCUT2D eigenvalue weighted by molar-refractivity contribution is 5.83. The van der Waals surface area contributed by atoms with E-state index in [2.05, 4.69) is 16.0 Å². The van der Waals surface area contributed by atoms with Crippen LogP contribution in [0.15, 0.2) is 43.0 Å². The molecule has 2 N–H and O–H groups in total. The van der Waals surface area contributed by atoms with E-state index in [1.165, 1.54) is 7.11 Å². The average molecular weight is 316 g/mol. The first-order valence-corrected chi connectivity index (χ1v) is 6.96. The van der Waals surface area contributed by atoms with Gasteiger partial charge in [0.15, 0.2) is 0 Å². The third-order valence-electron chi connectivity index (χ3n) is 3.55. The van der Waals surface area contributed by atoms with Crippen LogP contribution >= 0.6 is 0 Å². The van der Waals surface area contributed by atoms with Crippen molar-refractivity contribution in [3.8, 4) is 34.8 Å². The molecule has 0 aliphatic rings. The monoisotopic (exact) mass is 316 g/mol. The Bertz CT molecular complexity index is 980. The fourth-order valence-corrected chi connectivity index (χ4v) is 2.47. The second-order valence-electron chi connectivity index (χ2n) is 4.88. The molecule has 24 heavy (non-hydrogen) atoms. The summed E-state index contributed by atoms with van der Waals surface area (Å²) in [4.78, 5) is 8.01. The zero-order chi connectivity index (χ0) is 17.1. The molecule has 0 amide bonds. The van der Waals surface area contributed by atoms with Crippen LogP contribution in [0.5, 0.6) is 5.88 Å². The van der Waals surface area contributed by atoms with E-state index in [4.69, 9.17) is 10.5 Å². The van der Waals surface area contributed by atoms with Crippen molar-refractivity contribution in [1.82, 2.24) is 14.5 Å². The molecule has 2 heterocycles. The van der Waals surface area contributed by atoms with Gasteiger partial charge in [0, 0.05) is 23.6 Å². The van der Waals surface area contributed by atoms with Gasteiger partial charge in [0.1, 0.15) is 29.1 Å². The van der Waals surface area contributed by atoms with Crippen molar-refractivity contribution in [2.45, 2.75) is 0 Å². The molecule has 0 saturated carbocycles. The molecular weight excluding hydrogens is 304 g/mol. The van der Waals surface area contributed by atoms with Crippen molar-refractivity contribution >= 4 is 5.82 Å². The number of nitrogens with two attached hydrogens (primary N) is 1. The topological polar surface area (TPSA) is 114 Å². The van der Waals surface area contributed by atoms with E-state index < -0.39 is 0 Å². The van der Waals surface area contributed by atoms with Crippen molar-refractivity contribution in [2.24, 2.45) is 0 Å². The van der Waals surface area contributed by atoms with Gasteiger partial charge in [-0.2, -0.15) is 15.5 Å². The minimum Gasteiger partial charge on any atom is -0.480 e. The summed E-state index contributed by atoms with van der Waals surface area (Å²) in [5, 5.41) is 19.0. The van der Waals surface area contributed by atoms with E-state index >= 15 is 0 Å². The summed E-state index contributed by atoms with van der Waals surface area (Å²) < 4.78 is 6.97. The number of pyridine rings is 1. The molecule has 0 saturated heterocycles. The van der Waals surface area contributed by atoms with Crippen molar-refractivity contribution < 1.29 is 4.74 Å². The minimum absolute atomic E-state index is 0.0244. The minimum atomic E-state index is 0.0244. The largest absolute Gasteiger partial charge is 0.480 e. The molecule has 0 spiro atoms. The van der Waals surface area contributed by atoms with E-state index in [0.717, 1.165) is 5.69 Å². The predicted octanol–water partition coefficient (Wildman–Crippen LogP) is 2.27. The zero-order valence-corrected chi connectivity index (χ0v) is 12.8. The van der Waals surface area contributed by atoms with Gasteiger partial charge < -0.3 is 15.0 Å². The maximum absolute atomic E-state index is 9.52. The van der Waals surface area contributed by atoms with Gasteiger partial charge in [-0.3, -0.25) is 0 Å². The molecule has 7 nitrogen and oxygen atoms in total. The quantitative estimate of drug-likeness (QED) is 0.793. The lowest BCUT2D eigenvalue weighted by Gasteiger charge is -2.13. The molecule has 0 radical (unpaired) electrons. The Balaban J connectivity index is 2.30. The average Bonchev–Trinajstić information content (AvgIpc) is 3.15. The van der Waals surface area contributed by atoms with Crippen LogP contribution in [-0.4, -0.2) is 21.6 Å². The molecule has 2 aromatic heterocycles. The first kappa shape index (κ1) is 15.1. The molecular formula is C17H12N6O. The molecule has 0 unspecified atom stereocenters. The molecule has 116 valence electrons. The number of nitriles is 2. The van der Waals surface area contributed by atoms with Gasteiger partial charge in [-0.15, -0.1) is 0 Å². The molecule has 0 fully saturated rings. The second-order valence-corrected chi connectivity index (χ2v) is 4.88. The van der Waals surface area contributed by atoms with Crippen molar-refractivity contribution in [3.05, 3.63) is 54.1 Å². The third-order valence-corrected chi connectivity index (χ3v) is 3.55. The number of benzene rings is 1. The lowest BCUT2D eigenvalue weighted by molar-refractivity contribution is 0.397. The fourth-order valence-electron chi connectivity index (χ4n) is 2.47. The predicted molar refractivity (Wildman–Crippen MR) is 87.2 cm³/mol. The molecule has 3 aromatic rings. The van der Waals surface area contributed by atoms with Gasteiger partial charge >= 0.3 is 0 Å². The smallest absolute Gasteiger partial charge is 0.234 e. The van der Waals surface area contributed by atoms with Gasteiger partial charge in [-0.05, 0) is 17.7 Å². The van der Waals surface area contributed by atoms with Crippen LogP contribution < -0.4 is 10.5 Å². The molecule has 0 aliphatic carbocycles. The summed E-state index contributed by atoms with van der Waals surface area (Å²) in [7, 11) is 1.40. The number of hydrogen-bond acceptors (Lipinski definition) is 6. The molecule has 0 atom stereocenters. The maximum atomic E-state index is 9.52. The Morgan fingerprint density at radius 3 is 2.62 bits per heavy atom. The van der Waals surface area contributed by atoms with E-state index in [-0.39, 0.29) is 22.8 Å². The molecule has 0 bridgehead atoms. The first-order valence-electron chi connectivity index (χ1n) is 6.96. The Labute approximate surface area is 138 Å². The van der Waals surface area contributed by atoms with Crippen LogP contribution in [0.1, 0.15) is 11.1 Å². The van der Waals surface area contributed by atoms with E-state index in [1.54, 1.807) is 24.8 Å². The van der Waals surface area contributed by atoms with E-state index in [9.17, 15) is 10.5 Å². The number of methoxy groups -OCH3 is 1. The van der Waals surface area contributed by atoms with Crippen LogP contribution in [0.2, 0.25) is 0 Å². The lowest BCUT2D eigenvalue weighted by Crippen LogP contribution is -2.04. The molecule has 1 aromatic carbocycles. The van der Waals surface area contributed by atoms with Gasteiger partial charge in [0.2, 0.25) is 5.88 Å². The number of aromatic nitrogens is 3. The van der Waals surface area contributed by atoms with Crippen molar-refractivity contribution in [2.75, 3.05) is 12.8 Å². The van der Waals surface area contributed by atoms with Crippen LogP contribution in [0.25, 0.3) is 16.8 Å². The Morgan fingerprint density at radius 2 is 2.00 bits per heavy atom. The summed E-state index contributed by atoms with van der Waals surface area (Å²) in [5.41, 5.74) is 8.10. The SMILES string of the molecule is COc1nc(N)c(C#N)c(-c2cccc(-n3ccnc3)c2)c1C#N.